The third-order valence-electron chi connectivity index (χ3n) is 6.19. The zero-order chi connectivity index (χ0) is 22.4. The summed E-state index contributed by atoms with van der Waals surface area (Å²) < 4.78 is 5.56. The number of benzene rings is 2. The largest absolute Gasteiger partial charge is 0.508 e. The fourth-order valence-electron chi connectivity index (χ4n) is 4.75. The molecule has 2 aliphatic rings. The van der Waals surface area contributed by atoms with E-state index >= 15 is 0 Å². The van der Waals surface area contributed by atoms with E-state index in [1.807, 2.05) is 43.3 Å². The van der Waals surface area contributed by atoms with E-state index < -0.39 is 0 Å². The van der Waals surface area contributed by atoms with E-state index in [-0.39, 0.29) is 29.3 Å². The van der Waals surface area contributed by atoms with Gasteiger partial charge >= 0.3 is 0 Å². The number of aryl methyl sites for hydroxylation is 1. The number of aromatic hydroxyl groups is 1. The molecule has 0 unspecified atom stereocenters. The molecule has 5 rings (SSSR count). The van der Waals surface area contributed by atoms with Crippen LogP contribution in [0.3, 0.4) is 0 Å². The summed E-state index contributed by atoms with van der Waals surface area (Å²) in [5, 5.41) is 19.8. The summed E-state index contributed by atoms with van der Waals surface area (Å²) in [5.41, 5.74) is 5.85. The summed E-state index contributed by atoms with van der Waals surface area (Å²) in [6.07, 6.45) is 1.05. The van der Waals surface area contributed by atoms with Gasteiger partial charge in [-0.15, -0.1) is 0 Å². The van der Waals surface area contributed by atoms with Gasteiger partial charge < -0.3 is 20.3 Å². The molecule has 0 radical (unpaired) electrons. The first-order valence-corrected chi connectivity index (χ1v) is 10.6. The molecule has 2 aromatic carbocycles. The van der Waals surface area contributed by atoms with Crippen molar-refractivity contribution < 1.29 is 19.2 Å². The Hall–Kier alpha value is -3.87. The van der Waals surface area contributed by atoms with Gasteiger partial charge in [0.1, 0.15) is 5.75 Å². The smallest absolute Gasteiger partial charge is 0.233 e. The number of carbonyl (C=O) groups is 2. The van der Waals surface area contributed by atoms with Gasteiger partial charge in [-0.25, -0.2) is 0 Å². The predicted molar refractivity (Wildman–Crippen MR) is 120 cm³/mol. The van der Waals surface area contributed by atoms with Gasteiger partial charge in [-0.3, -0.25) is 9.59 Å². The van der Waals surface area contributed by atoms with Crippen LogP contribution in [-0.2, 0) is 9.59 Å². The Morgan fingerprint density at radius 1 is 1.09 bits per heavy atom. The van der Waals surface area contributed by atoms with Gasteiger partial charge in [0, 0.05) is 36.2 Å². The Labute approximate surface area is 185 Å². The van der Waals surface area contributed by atoms with E-state index in [0.717, 1.165) is 33.7 Å². The van der Waals surface area contributed by atoms with Crippen LogP contribution in [0, 0.1) is 6.92 Å². The Morgan fingerprint density at radius 2 is 1.78 bits per heavy atom. The maximum absolute atomic E-state index is 13.5. The third kappa shape index (κ3) is 3.45. The molecule has 2 atom stereocenters. The number of hydrogen-bond donors (Lipinski definition) is 3. The van der Waals surface area contributed by atoms with E-state index in [9.17, 15) is 14.7 Å². The fraction of sp³-hybridized carbons (Fsp3) is 0.240. The van der Waals surface area contributed by atoms with E-state index in [1.54, 1.807) is 12.1 Å². The molecule has 162 valence electrons. The second kappa shape index (κ2) is 7.67. The first kappa shape index (κ1) is 20.1. The molecule has 7 nitrogen and oxygen atoms in total. The Kier molecular flexibility index (Phi) is 4.81. The first-order valence-electron chi connectivity index (χ1n) is 10.6. The lowest BCUT2D eigenvalue weighted by Crippen LogP contribution is -2.29. The molecule has 32 heavy (non-hydrogen) atoms. The molecule has 0 saturated heterocycles. The predicted octanol–water partition coefficient (Wildman–Crippen LogP) is 4.61. The number of fused-ring (bicyclic) bond motifs is 1. The molecule has 3 N–H and O–H groups in total. The number of hydrogen-bond acceptors (Lipinski definition) is 6. The van der Waals surface area contributed by atoms with Crippen molar-refractivity contribution >= 4 is 23.3 Å². The minimum atomic E-state index is -0.285. The van der Waals surface area contributed by atoms with Gasteiger partial charge in [-0.05, 0) is 54.7 Å². The molecule has 0 fully saturated rings. The number of anilines is 2. The van der Waals surface area contributed by atoms with Gasteiger partial charge in [0.15, 0.2) is 5.78 Å². The lowest BCUT2D eigenvalue weighted by atomic mass is 9.72. The number of carbonyl (C=O) groups excluding carboxylic acids is 2. The van der Waals surface area contributed by atoms with Crippen molar-refractivity contribution in [3.05, 3.63) is 82.2 Å². The second-order valence-electron chi connectivity index (χ2n) is 8.38. The van der Waals surface area contributed by atoms with Crippen molar-refractivity contribution in [3.63, 3.8) is 0 Å². The Morgan fingerprint density at radius 3 is 2.47 bits per heavy atom. The molecule has 1 aliphatic carbocycles. The zero-order valence-electron chi connectivity index (χ0n) is 17.8. The van der Waals surface area contributed by atoms with Gasteiger partial charge in [-0.2, -0.15) is 0 Å². The van der Waals surface area contributed by atoms with Crippen molar-refractivity contribution in [1.29, 1.82) is 0 Å². The van der Waals surface area contributed by atoms with Crippen LogP contribution in [0.2, 0.25) is 0 Å². The van der Waals surface area contributed by atoms with Crippen molar-refractivity contribution in [2.24, 2.45) is 0 Å². The summed E-state index contributed by atoms with van der Waals surface area (Å²) >= 11 is 0. The highest BCUT2D eigenvalue weighted by atomic mass is 16.5. The van der Waals surface area contributed by atoms with E-state index in [1.165, 1.54) is 6.92 Å². The first-order chi connectivity index (χ1) is 15.4. The Bertz CT molecular complexity index is 1240. The minimum absolute atomic E-state index is 0.0164. The molecule has 1 aromatic heterocycles. The number of Topliss-reactive ketones (excluding diaryl/α,β-unsaturated/α-hetero) is 1. The molecule has 2 heterocycles. The van der Waals surface area contributed by atoms with Crippen molar-refractivity contribution in [3.8, 4) is 5.75 Å². The minimum Gasteiger partial charge on any atom is -0.508 e. The number of nitrogens with zero attached hydrogens (tertiary/aromatic N) is 1. The van der Waals surface area contributed by atoms with Crippen molar-refractivity contribution in [2.75, 3.05) is 10.6 Å². The number of rotatable bonds is 3. The quantitative estimate of drug-likeness (QED) is 0.562. The summed E-state index contributed by atoms with van der Waals surface area (Å²) in [6.45, 7) is 3.34. The van der Waals surface area contributed by atoms with Crippen LogP contribution < -0.4 is 10.6 Å². The topological polar surface area (TPSA) is 104 Å². The second-order valence-corrected chi connectivity index (χ2v) is 8.38. The normalized spacial score (nSPS) is 19.8. The van der Waals surface area contributed by atoms with Crippen LogP contribution in [0.5, 0.6) is 5.75 Å². The number of nitrogens with one attached hydrogen (secondary N) is 2. The summed E-state index contributed by atoms with van der Waals surface area (Å²) in [4.78, 5) is 24.8. The van der Waals surface area contributed by atoms with Crippen LogP contribution in [0.15, 0.2) is 64.3 Å². The number of ketones is 1. The average molecular weight is 429 g/mol. The Balaban J connectivity index is 1.56. The zero-order valence-corrected chi connectivity index (χ0v) is 17.8. The van der Waals surface area contributed by atoms with Crippen LogP contribution in [0.4, 0.5) is 11.6 Å². The standard InChI is InChI=1S/C25H23N3O4/c1-13-22-23(16-3-7-18(8-4-16)26-14(2)29)24-20(27-25(22)32-28-13)11-17(12-21(24)31)15-5-9-19(30)10-6-15/h3-10,17,23,27,30H,11-12H2,1-2H3,(H,26,29)/t17-,23+/m1/s1. The maximum atomic E-state index is 13.5. The van der Waals surface area contributed by atoms with E-state index in [0.29, 0.717) is 24.4 Å². The van der Waals surface area contributed by atoms with Crippen LogP contribution in [0.25, 0.3) is 0 Å². The van der Waals surface area contributed by atoms with Crippen molar-refractivity contribution in [1.82, 2.24) is 5.16 Å². The molecular formula is C25H23N3O4. The molecule has 3 aromatic rings. The summed E-state index contributed by atoms with van der Waals surface area (Å²) in [5.74, 6) is 0.450. The number of allylic oxidation sites excluding steroid dienone is 2. The summed E-state index contributed by atoms with van der Waals surface area (Å²) in [6, 6.07) is 14.6. The molecule has 0 spiro atoms. The lowest BCUT2D eigenvalue weighted by Gasteiger charge is -2.34. The fourth-order valence-corrected chi connectivity index (χ4v) is 4.75. The molecule has 1 amide bonds. The van der Waals surface area contributed by atoms with Gasteiger partial charge in [0.25, 0.3) is 0 Å². The van der Waals surface area contributed by atoms with Crippen LogP contribution in [-0.4, -0.2) is 22.0 Å². The number of amides is 1. The van der Waals surface area contributed by atoms with Crippen LogP contribution >= 0.6 is 0 Å². The van der Waals surface area contributed by atoms with Crippen molar-refractivity contribution in [2.45, 2.75) is 38.5 Å². The summed E-state index contributed by atoms with van der Waals surface area (Å²) in [7, 11) is 0. The van der Waals surface area contributed by atoms with E-state index in [2.05, 4.69) is 15.8 Å². The van der Waals surface area contributed by atoms with Gasteiger partial charge in [0.05, 0.1) is 11.3 Å². The highest BCUT2D eigenvalue weighted by Crippen LogP contribution is 2.49. The number of phenolic OH excluding ortho intramolecular Hbond substituents is 1. The average Bonchev–Trinajstić information content (AvgIpc) is 3.13. The molecule has 0 saturated carbocycles. The van der Waals surface area contributed by atoms with Crippen LogP contribution in [0.1, 0.15) is 54.0 Å². The molecular weight excluding hydrogens is 406 g/mol. The third-order valence-corrected chi connectivity index (χ3v) is 6.19. The molecule has 0 bridgehead atoms. The van der Waals surface area contributed by atoms with E-state index in [4.69, 9.17) is 4.52 Å². The SMILES string of the molecule is CC(=O)Nc1ccc([C@@H]2C3=C(C[C@@H](c4ccc(O)cc4)CC3=O)Nc3onc(C)c32)cc1. The van der Waals surface area contributed by atoms with Gasteiger partial charge in [-0.1, -0.05) is 29.4 Å². The number of phenols is 1. The highest BCUT2D eigenvalue weighted by Gasteiger charge is 2.41. The lowest BCUT2D eigenvalue weighted by molar-refractivity contribution is -0.116. The maximum Gasteiger partial charge on any atom is 0.233 e. The highest BCUT2D eigenvalue weighted by molar-refractivity contribution is 6.01. The number of aromatic nitrogens is 1. The monoisotopic (exact) mass is 429 g/mol. The molecule has 7 heteroatoms. The molecule has 1 aliphatic heterocycles. The van der Waals surface area contributed by atoms with Gasteiger partial charge in [0.2, 0.25) is 11.8 Å².